The van der Waals surface area contributed by atoms with Crippen LogP contribution in [0.4, 0.5) is 10.5 Å². The van der Waals surface area contributed by atoms with Crippen molar-refractivity contribution < 1.29 is 28.9 Å². The first kappa shape index (κ1) is 35.0. The number of anilines is 1. The summed E-state index contributed by atoms with van der Waals surface area (Å²) >= 11 is 0. The normalized spacial score (nSPS) is 25.2. The second-order valence-corrected chi connectivity index (χ2v) is 13.6. The van der Waals surface area contributed by atoms with Gasteiger partial charge in [-0.2, -0.15) is 0 Å². The minimum atomic E-state index is -0.847. The van der Waals surface area contributed by atoms with E-state index < -0.39 is 24.3 Å². The highest BCUT2D eigenvalue weighted by Crippen LogP contribution is 2.42. The Morgan fingerprint density at radius 2 is 1.67 bits per heavy atom. The molecule has 3 aliphatic rings. The minimum absolute atomic E-state index is 0.0108. The largest absolute Gasteiger partial charge is 0.467 e. The van der Waals surface area contributed by atoms with E-state index in [0.717, 1.165) is 41.9 Å². The Kier molecular flexibility index (Phi) is 12.0. The molecule has 10 heteroatoms. The number of carbonyl (C=O) groups excluding carboxylic acids is 2. The lowest BCUT2D eigenvalue weighted by Crippen LogP contribution is -2.48. The van der Waals surface area contributed by atoms with Crippen LogP contribution in [0.3, 0.4) is 0 Å². The molecule has 3 aromatic rings. The molecule has 0 aromatic heterocycles. The molecular weight excluding hydrogens is 620 g/mol. The Morgan fingerprint density at radius 3 is 2.41 bits per heavy atom. The van der Waals surface area contributed by atoms with Crippen LogP contribution in [0.25, 0.3) is 0 Å². The van der Waals surface area contributed by atoms with Gasteiger partial charge >= 0.3 is 12.0 Å². The fourth-order valence-electron chi connectivity index (χ4n) is 7.44. The summed E-state index contributed by atoms with van der Waals surface area (Å²) in [4.78, 5) is 30.9. The molecule has 0 aliphatic carbocycles. The first-order valence-electron chi connectivity index (χ1n) is 17.7. The van der Waals surface area contributed by atoms with E-state index in [1.807, 2.05) is 72.8 Å². The molecule has 6 atom stereocenters. The molecule has 262 valence electrons. The number of esters is 1. The van der Waals surface area contributed by atoms with Crippen molar-refractivity contribution in [1.82, 2.24) is 15.1 Å². The van der Waals surface area contributed by atoms with E-state index in [1.165, 1.54) is 45.9 Å². The zero-order chi connectivity index (χ0) is 34.2. The zero-order valence-corrected chi connectivity index (χ0v) is 28.6. The van der Waals surface area contributed by atoms with Crippen molar-refractivity contribution in [2.24, 2.45) is 5.92 Å². The molecule has 3 heterocycles. The van der Waals surface area contributed by atoms with Crippen molar-refractivity contribution in [1.29, 1.82) is 0 Å². The summed E-state index contributed by atoms with van der Waals surface area (Å²) in [6.07, 6.45) is 4.33. The topological polar surface area (TPSA) is 113 Å². The van der Waals surface area contributed by atoms with Crippen LogP contribution >= 0.6 is 0 Å². The van der Waals surface area contributed by atoms with Gasteiger partial charge in [0.1, 0.15) is 6.04 Å². The number of amides is 2. The Bertz CT molecular complexity index is 1520. The number of benzene rings is 3. The molecular formula is C39H50N4O6. The van der Waals surface area contributed by atoms with E-state index >= 15 is 0 Å². The second-order valence-electron chi connectivity index (χ2n) is 13.6. The van der Waals surface area contributed by atoms with Crippen LogP contribution in [0.5, 0.6) is 0 Å². The van der Waals surface area contributed by atoms with Crippen LogP contribution in [0, 0.1) is 5.92 Å². The van der Waals surface area contributed by atoms with Gasteiger partial charge in [-0.1, -0.05) is 73.7 Å². The van der Waals surface area contributed by atoms with Crippen molar-refractivity contribution in [2.45, 2.75) is 76.2 Å². The lowest BCUT2D eigenvalue weighted by atomic mass is 9.90. The Morgan fingerprint density at radius 1 is 0.898 bits per heavy atom. The van der Waals surface area contributed by atoms with Gasteiger partial charge < -0.3 is 34.9 Å². The van der Waals surface area contributed by atoms with Crippen molar-refractivity contribution in [3.8, 4) is 0 Å². The molecule has 6 rings (SSSR count). The predicted molar refractivity (Wildman–Crippen MR) is 188 cm³/mol. The van der Waals surface area contributed by atoms with E-state index in [4.69, 9.17) is 14.2 Å². The average Bonchev–Trinajstić information content (AvgIpc) is 3.81. The van der Waals surface area contributed by atoms with Gasteiger partial charge in [0, 0.05) is 42.7 Å². The summed E-state index contributed by atoms with van der Waals surface area (Å²) in [6, 6.07) is 24.1. The molecule has 0 unspecified atom stereocenters. The maximum atomic E-state index is 13.1. The molecule has 0 saturated carbocycles. The lowest BCUT2D eigenvalue weighted by Gasteiger charge is -2.43. The van der Waals surface area contributed by atoms with Crippen LogP contribution in [-0.2, 0) is 32.0 Å². The van der Waals surface area contributed by atoms with Gasteiger partial charge in [0.15, 0.2) is 6.29 Å². The number of carbonyl (C=O) groups is 2. The highest BCUT2D eigenvalue weighted by Gasteiger charge is 2.41. The fraction of sp³-hybridized carbons (Fsp3) is 0.487. The monoisotopic (exact) mass is 670 g/mol. The highest BCUT2D eigenvalue weighted by molar-refractivity contribution is 5.92. The highest BCUT2D eigenvalue weighted by atomic mass is 16.7. The Hall–Kier alpha value is -3.80. The third kappa shape index (κ3) is 9.06. The van der Waals surface area contributed by atoms with Gasteiger partial charge in [0.25, 0.3) is 0 Å². The lowest BCUT2D eigenvalue weighted by molar-refractivity contribution is -0.276. The maximum Gasteiger partial charge on any atom is 0.328 e. The summed E-state index contributed by atoms with van der Waals surface area (Å²) in [7, 11) is 1.31. The number of rotatable bonds is 12. The number of aliphatic hydroxyl groups is 1. The Balaban J connectivity index is 1.18. The van der Waals surface area contributed by atoms with E-state index in [0.29, 0.717) is 18.2 Å². The molecule has 2 amide bonds. The summed E-state index contributed by atoms with van der Waals surface area (Å²) < 4.78 is 18.5. The van der Waals surface area contributed by atoms with Gasteiger partial charge in [0.2, 0.25) is 0 Å². The molecule has 3 fully saturated rings. The average molecular weight is 671 g/mol. The molecule has 0 spiro atoms. The smallest absolute Gasteiger partial charge is 0.328 e. The van der Waals surface area contributed by atoms with Gasteiger partial charge in [-0.05, 0) is 74.1 Å². The number of ether oxygens (including phenoxy) is 3. The maximum absolute atomic E-state index is 13.1. The second kappa shape index (κ2) is 16.7. The predicted octanol–water partition coefficient (Wildman–Crippen LogP) is 5.44. The van der Waals surface area contributed by atoms with Gasteiger partial charge in [-0.3, -0.25) is 4.90 Å². The molecule has 0 radical (unpaired) electrons. The first-order valence-corrected chi connectivity index (χ1v) is 17.7. The molecule has 3 aliphatic heterocycles. The van der Waals surface area contributed by atoms with E-state index in [2.05, 4.69) is 27.4 Å². The zero-order valence-electron chi connectivity index (χ0n) is 28.6. The third-order valence-electron chi connectivity index (χ3n) is 10.2. The first-order chi connectivity index (χ1) is 23.9. The molecule has 10 nitrogen and oxygen atoms in total. The van der Waals surface area contributed by atoms with Gasteiger partial charge in [-0.25, -0.2) is 9.59 Å². The van der Waals surface area contributed by atoms with Crippen molar-refractivity contribution in [3.63, 3.8) is 0 Å². The molecule has 3 aromatic carbocycles. The van der Waals surface area contributed by atoms with Crippen molar-refractivity contribution in [2.75, 3.05) is 45.2 Å². The Labute approximate surface area is 289 Å². The molecule has 49 heavy (non-hydrogen) atoms. The fourth-order valence-corrected chi connectivity index (χ4v) is 7.44. The van der Waals surface area contributed by atoms with Crippen molar-refractivity contribution >= 4 is 17.7 Å². The molecule has 3 N–H and O–H groups in total. The third-order valence-corrected chi connectivity index (χ3v) is 10.2. The number of hydrogen-bond acceptors (Lipinski definition) is 8. The SMILES string of the molecule is COC(=O)[C@H](Cc1ccccc1)NC(=O)Nc1cccc([C@@H]2O[C@H](CN3CCC[C@H]3CN3CCCC3)[C@H](C)[C@H](c3ccc(CO)cc3)O2)c1. The van der Waals surface area contributed by atoms with Crippen LogP contribution < -0.4 is 10.6 Å². The van der Waals surface area contributed by atoms with E-state index in [9.17, 15) is 14.7 Å². The summed E-state index contributed by atoms with van der Waals surface area (Å²) in [5.41, 5.74) is 4.14. The van der Waals surface area contributed by atoms with Crippen LogP contribution in [0.1, 0.15) is 67.3 Å². The van der Waals surface area contributed by atoms with Crippen molar-refractivity contribution in [3.05, 3.63) is 101 Å². The van der Waals surface area contributed by atoms with E-state index in [-0.39, 0.29) is 24.7 Å². The minimum Gasteiger partial charge on any atom is -0.467 e. The number of nitrogens with one attached hydrogen (secondary N) is 2. The number of aliphatic hydroxyl groups excluding tert-OH is 1. The standard InChI is InChI=1S/C39H50N4O6/c1-27-35(25-43-21-9-14-33(43)24-42-19-6-7-20-42)48-38(49-36(27)30-17-15-29(26-44)16-18-30)31-12-8-13-32(23-31)40-39(46)41-34(37(45)47-2)22-28-10-4-3-5-11-28/h3-5,8,10-13,15-18,23,27,33-36,38,44H,6-7,9,14,19-22,24-26H2,1-2H3,(H2,40,41,46)/t27-,33-,34-,35+,36+,38+/m0/s1. The van der Waals surface area contributed by atoms with Crippen LogP contribution in [0.2, 0.25) is 0 Å². The van der Waals surface area contributed by atoms with Gasteiger partial charge in [-0.15, -0.1) is 0 Å². The molecule has 0 bridgehead atoms. The van der Waals surface area contributed by atoms with Gasteiger partial charge in [0.05, 0.1) is 25.9 Å². The molecule has 3 saturated heterocycles. The summed E-state index contributed by atoms with van der Waals surface area (Å²) in [5.74, 6) is -0.438. The number of urea groups is 1. The number of nitrogens with zero attached hydrogens (tertiary/aromatic N) is 2. The number of methoxy groups -OCH3 is 1. The van der Waals surface area contributed by atoms with Crippen LogP contribution in [0.15, 0.2) is 78.9 Å². The summed E-state index contributed by atoms with van der Waals surface area (Å²) in [6.45, 7) is 7.59. The number of hydrogen-bond donors (Lipinski definition) is 3. The van der Waals surface area contributed by atoms with Crippen LogP contribution in [-0.4, -0.2) is 84.9 Å². The van der Waals surface area contributed by atoms with E-state index in [1.54, 1.807) is 6.07 Å². The summed E-state index contributed by atoms with van der Waals surface area (Å²) in [5, 5.41) is 15.3. The number of likely N-dealkylation sites (tertiary alicyclic amines) is 2. The quantitative estimate of drug-likeness (QED) is 0.219.